The van der Waals surface area contributed by atoms with Crippen molar-refractivity contribution in [3.05, 3.63) is 27.9 Å². The Balaban J connectivity index is 1.76. The van der Waals surface area contributed by atoms with E-state index in [0.717, 1.165) is 18.5 Å². The zero-order chi connectivity index (χ0) is 15.7. The normalized spacial score (nSPS) is 14.1. The summed E-state index contributed by atoms with van der Waals surface area (Å²) in [6.45, 7) is 0. The summed E-state index contributed by atoms with van der Waals surface area (Å²) in [6.07, 6.45) is 2.22. The highest BCUT2D eigenvalue weighted by atomic mass is 32.2. The van der Waals surface area contributed by atoms with Gasteiger partial charge in [0.15, 0.2) is 5.16 Å². The summed E-state index contributed by atoms with van der Waals surface area (Å²) in [5, 5.41) is 0.583. The number of nitrogens with one attached hydrogen (secondary N) is 1. The highest BCUT2D eigenvalue weighted by Gasteiger charge is 2.25. The average Bonchev–Trinajstić information content (AvgIpc) is 3.28. The van der Waals surface area contributed by atoms with Crippen molar-refractivity contribution >= 4 is 23.7 Å². The molecule has 3 rings (SSSR count). The van der Waals surface area contributed by atoms with Crippen LogP contribution in [0.4, 0.5) is 11.9 Å². The van der Waals surface area contributed by atoms with Crippen LogP contribution in [-0.4, -0.2) is 39.0 Å². The molecular weight excluding hydrogens is 302 g/mol. The van der Waals surface area contributed by atoms with Crippen LogP contribution < -0.4 is 16.2 Å². The van der Waals surface area contributed by atoms with Gasteiger partial charge in [-0.2, -0.15) is 15.0 Å². The van der Waals surface area contributed by atoms with Crippen molar-refractivity contribution in [3.8, 4) is 0 Å². The molecule has 1 aliphatic carbocycles. The third-order valence-electron chi connectivity index (χ3n) is 3.16. The highest BCUT2D eigenvalue weighted by molar-refractivity contribution is 7.98. The Labute approximate surface area is 131 Å². The van der Waals surface area contributed by atoms with Crippen LogP contribution in [0.5, 0.6) is 0 Å². The molecule has 8 nitrogen and oxygen atoms in total. The van der Waals surface area contributed by atoms with Crippen LogP contribution in [0.15, 0.2) is 16.0 Å². The Morgan fingerprint density at radius 3 is 2.77 bits per heavy atom. The van der Waals surface area contributed by atoms with E-state index >= 15 is 0 Å². The van der Waals surface area contributed by atoms with Gasteiger partial charge in [-0.1, -0.05) is 11.8 Å². The summed E-state index contributed by atoms with van der Waals surface area (Å²) >= 11 is 1.38. The van der Waals surface area contributed by atoms with Crippen molar-refractivity contribution in [2.45, 2.75) is 29.7 Å². The van der Waals surface area contributed by atoms with E-state index in [9.17, 15) is 4.79 Å². The lowest BCUT2D eigenvalue weighted by atomic mass is 10.3. The van der Waals surface area contributed by atoms with E-state index in [4.69, 9.17) is 5.73 Å². The molecule has 0 aliphatic heterocycles. The van der Waals surface area contributed by atoms with Crippen molar-refractivity contribution < 1.29 is 0 Å². The smallest absolute Gasteiger partial charge is 0.251 e. The first kappa shape index (κ1) is 14.8. The van der Waals surface area contributed by atoms with E-state index in [1.807, 2.05) is 14.1 Å². The molecule has 0 bridgehead atoms. The van der Waals surface area contributed by atoms with Gasteiger partial charge in [0.2, 0.25) is 11.9 Å². The third kappa shape index (κ3) is 3.53. The fourth-order valence-electron chi connectivity index (χ4n) is 1.93. The van der Waals surface area contributed by atoms with Crippen LogP contribution in [0.25, 0.3) is 0 Å². The summed E-state index contributed by atoms with van der Waals surface area (Å²) in [4.78, 5) is 33.1. The maximum Gasteiger partial charge on any atom is 0.251 e. The molecule has 1 saturated carbocycles. The summed E-state index contributed by atoms with van der Waals surface area (Å²) in [5.74, 6) is 2.15. The first-order valence-electron chi connectivity index (χ1n) is 6.93. The zero-order valence-electron chi connectivity index (χ0n) is 12.4. The predicted octanol–water partition coefficient (Wildman–Crippen LogP) is 0.773. The largest absolute Gasteiger partial charge is 0.368 e. The zero-order valence-corrected chi connectivity index (χ0v) is 13.2. The van der Waals surface area contributed by atoms with Gasteiger partial charge < -0.3 is 15.6 Å². The topological polar surface area (TPSA) is 114 Å². The first-order valence-corrected chi connectivity index (χ1v) is 7.91. The number of aromatic amines is 1. The highest BCUT2D eigenvalue weighted by Crippen LogP contribution is 2.38. The summed E-state index contributed by atoms with van der Waals surface area (Å²) < 4.78 is 0. The Bertz CT molecular complexity index is 741. The van der Waals surface area contributed by atoms with Crippen LogP contribution in [0, 0.1) is 0 Å². The number of hydrogen-bond acceptors (Lipinski definition) is 8. The van der Waals surface area contributed by atoms with Gasteiger partial charge in [-0.05, 0) is 12.8 Å². The maximum absolute atomic E-state index is 11.7. The number of H-pyrrole nitrogens is 1. The molecule has 1 aliphatic rings. The molecule has 2 aromatic heterocycles. The lowest BCUT2D eigenvalue weighted by Gasteiger charge is -2.11. The number of aromatic nitrogens is 5. The van der Waals surface area contributed by atoms with E-state index in [-0.39, 0.29) is 11.5 Å². The Hall–Kier alpha value is -2.16. The van der Waals surface area contributed by atoms with Crippen molar-refractivity contribution in [3.63, 3.8) is 0 Å². The minimum absolute atomic E-state index is 0.122. The van der Waals surface area contributed by atoms with Gasteiger partial charge in [-0.25, -0.2) is 4.98 Å². The van der Waals surface area contributed by atoms with Gasteiger partial charge >= 0.3 is 0 Å². The number of thioether (sulfide) groups is 1. The Kier molecular flexibility index (Phi) is 3.97. The van der Waals surface area contributed by atoms with Crippen molar-refractivity contribution in [1.29, 1.82) is 0 Å². The van der Waals surface area contributed by atoms with E-state index in [1.165, 1.54) is 11.8 Å². The minimum Gasteiger partial charge on any atom is -0.368 e. The molecular formula is C13H17N7OS. The van der Waals surface area contributed by atoms with Gasteiger partial charge in [0, 0.05) is 26.1 Å². The van der Waals surface area contributed by atoms with Gasteiger partial charge in [-0.15, -0.1) is 0 Å². The number of nitrogens with two attached hydrogens (primary N) is 1. The van der Waals surface area contributed by atoms with Gasteiger partial charge in [-0.3, -0.25) is 4.79 Å². The molecule has 0 aromatic carbocycles. The summed E-state index contributed by atoms with van der Waals surface area (Å²) in [5.41, 5.74) is 6.44. The fraction of sp³-hybridized carbons (Fsp3) is 0.462. The number of hydrogen-bond donors (Lipinski definition) is 2. The van der Waals surface area contributed by atoms with E-state index < -0.39 is 0 Å². The molecule has 0 saturated heterocycles. The number of nitrogen functional groups attached to an aromatic ring is 1. The molecule has 2 heterocycles. The van der Waals surface area contributed by atoms with Gasteiger partial charge in [0.1, 0.15) is 5.82 Å². The van der Waals surface area contributed by atoms with Crippen LogP contribution >= 0.6 is 11.8 Å². The van der Waals surface area contributed by atoms with Crippen LogP contribution in [0.1, 0.15) is 30.3 Å². The fourth-order valence-corrected chi connectivity index (χ4v) is 2.67. The quantitative estimate of drug-likeness (QED) is 0.613. The van der Waals surface area contributed by atoms with Crippen molar-refractivity contribution in [1.82, 2.24) is 24.9 Å². The predicted molar refractivity (Wildman–Crippen MR) is 85.0 cm³/mol. The SMILES string of the molecule is CN(C)c1nc(N)nc(CSc2nc(C3CC3)cc(=O)[nH]2)n1. The number of rotatable bonds is 5. The molecule has 116 valence electrons. The summed E-state index contributed by atoms with van der Waals surface area (Å²) in [7, 11) is 3.67. The van der Waals surface area contributed by atoms with Crippen LogP contribution in [0.2, 0.25) is 0 Å². The molecule has 22 heavy (non-hydrogen) atoms. The monoisotopic (exact) mass is 319 g/mol. The molecule has 0 amide bonds. The number of nitrogens with zero attached hydrogens (tertiary/aromatic N) is 5. The standard InChI is InChI=1S/C13H17N7OS/c1-20(2)12-17-9(16-11(14)19-12)6-22-13-15-8(7-3-4-7)5-10(21)18-13/h5,7H,3-4,6H2,1-2H3,(H,15,18,21)(H2,14,16,17,19). The van der Waals surface area contributed by atoms with Crippen molar-refractivity contribution in [2.75, 3.05) is 24.7 Å². The third-order valence-corrected chi connectivity index (χ3v) is 4.03. The Morgan fingerprint density at radius 2 is 2.09 bits per heavy atom. The minimum atomic E-state index is -0.122. The number of anilines is 2. The average molecular weight is 319 g/mol. The maximum atomic E-state index is 11.7. The van der Waals surface area contributed by atoms with Gasteiger partial charge in [0.25, 0.3) is 5.56 Å². The second-order valence-corrected chi connectivity index (χ2v) is 6.31. The Morgan fingerprint density at radius 1 is 1.32 bits per heavy atom. The molecule has 9 heteroatoms. The van der Waals surface area contributed by atoms with E-state index in [2.05, 4.69) is 24.9 Å². The summed E-state index contributed by atoms with van der Waals surface area (Å²) in [6, 6.07) is 1.58. The molecule has 2 aromatic rings. The lowest BCUT2D eigenvalue weighted by Crippen LogP contribution is -2.16. The molecule has 1 fully saturated rings. The van der Waals surface area contributed by atoms with Crippen LogP contribution in [0.3, 0.4) is 0 Å². The molecule has 0 spiro atoms. The van der Waals surface area contributed by atoms with E-state index in [0.29, 0.717) is 28.6 Å². The van der Waals surface area contributed by atoms with Crippen LogP contribution in [-0.2, 0) is 5.75 Å². The van der Waals surface area contributed by atoms with E-state index in [1.54, 1.807) is 11.0 Å². The lowest BCUT2D eigenvalue weighted by molar-refractivity contribution is 0.858. The second kappa shape index (κ2) is 5.91. The molecule has 0 atom stereocenters. The molecule has 0 unspecified atom stereocenters. The van der Waals surface area contributed by atoms with Gasteiger partial charge in [0.05, 0.1) is 11.4 Å². The molecule has 0 radical (unpaired) electrons. The second-order valence-electron chi connectivity index (χ2n) is 5.34. The first-order chi connectivity index (χ1) is 10.5. The van der Waals surface area contributed by atoms with Crippen molar-refractivity contribution in [2.24, 2.45) is 0 Å². The molecule has 3 N–H and O–H groups in total.